The molecule has 5 heteroatoms. The van der Waals surface area contributed by atoms with Crippen molar-refractivity contribution in [2.45, 2.75) is 13.0 Å². The lowest BCUT2D eigenvalue weighted by Gasteiger charge is -2.36. The molecule has 1 fully saturated rings. The predicted octanol–water partition coefficient (Wildman–Crippen LogP) is 3.07. The summed E-state index contributed by atoms with van der Waals surface area (Å²) in [7, 11) is 3.47. The highest BCUT2D eigenvalue weighted by Gasteiger charge is 2.30. The van der Waals surface area contributed by atoms with Crippen LogP contribution in [-0.4, -0.2) is 45.3 Å². The Morgan fingerprint density at radius 3 is 2.30 bits per heavy atom. The van der Waals surface area contributed by atoms with E-state index in [1.807, 2.05) is 0 Å². The number of nitrogens with one attached hydrogen (secondary N) is 1. The maximum Gasteiger partial charge on any atom is 0.128 e. The molecule has 23 heavy (non-hydrogen) atoms. The van der Waals surface area contributed by atoms with Crippen molar-refractivity contribution in [2.75, 3.05) is 40.4 Å². The van der Waals surface area contributed by atoms with Crippen LogP contribution in [0.15, 0.2) is 29.6 Å². The Kier molecular flexibility index (Phi) is 5.20. The first kappa shape index (κ1) is 16.3. The molecule has 3 rings (SSSR count). The Hall–Kier alpha value is -1.56. The lowest BCUT2D eigenvalue weighted by molar-refractivity contribution is 0.194. The van der Waals surface area contributed by atoms with E-state index in [1.165, 1.54) is 4.88 Å². The molecule has 1 aromatic heterocycles. The van der Waals surface area contributed by atoms with Crippen molar-refractivity contribution in [3.63, 3.8) is 0 Å². The van der Waals surface area contributed by atoms with E-state index >= 15 is 0 Å². The predicted molar refractivity (Wildman–Crippen MR) is 94.9 cm³/mol. The van der Waals surface area contributed by atoms with Gasteiger partial charge in [-0.1, -0.05) is 6.07 Å². The number of benzene rings is 1. The number of ether oxygens (including phenoxy) is 2. The van der Waals surface area contributed by atoms with Crippen LogP contribution in [0.2, 0.25) is 0 Å². The Labute approximate surface area is 142 Å². The number of nitrogens with zero attached hydrogens (tertiary/aromatic N) is 1. The van der Waals surface area contributed by atoms with Gasteiger partial charge in [-0.3, -0.25) is 4.90 Å². The minimum absolute atomic E-state index is 0.169. The molecule has 1 N–H and O–H groups in total. The molecule has 1 aromatic carbocycles. The molecule has 124 valence electrons. The molecular formula is C18H24N2O2S. The highest BCUT2D eigenvalue weighted by Crippen LogP contribution is 2.43. The second-order valence-electron chi connectivity index (χ2n) is 5.79. The van der Waals surface area contributed by atoms with Gasteiger partial charge >= 0.3 is 0 Å². The summed E-state index contributed by atoms with van der Waals surface area (Å²) in [4.78, 5) is 3.84. The van der Waals surface area contributed by atoms with E-state index in [4.69, 9.17) is 9.47 Å². The number of rotatable bonds is 5. The van der Waals surface area contributed by atoms with E-state index in [9.17, 15) is 0 Å². The zero-order valence-corrected chi connectivity index (χ0v) is 14.8. The van der Waals surface area contributed by atoms with Crippen molar-refractivity contribution in [3.05, 3.63) is 45.6 Å². The van der Waals surface area contributed by atoms with Crippen molar-refractivity contribution in [3.8, 4) is 11.5 Å². The van der Waals surface area contributed by atoms with Gasteiger partial charge in [-0.2, -0.15) is 0 Å². The molecule has 0 aliphatic carbocycles. The highest BCUT2D eigenvalue weighted by molar-refractivity contribution is 7.10. The monoisotopic (exact) mass is 332 g/mol. The average molecular weight is 332 g/mol. The van der Waals surface area contributed by atoms with Crippen LogP contribution in [0, 0.1) is 6.92 Å². The number of hydrogen-bond donors (Lipinski definition) is 1. The third kappa shape index (κ3) is 3.37. The van der Waals surface area contributed by atoms with Gasteiger partial charge in [-0.15, -0.1) is 11.3 Å². The molecule has 1 atom stereocenters. The summed E-state index contributed by atoms with van der Waals surface area (Å²) in [5.41, 5.74) is 2.28. The van der Waals surface area contributed by atoms with Gasteiger partial charge in [0, 0.05) is 31.1 Å². The number of aryl methyl sites for hydroxylation is 1. The smallest absolute Gasteiger partial charge is 0.128 e. The number of hydrogen-bond acceptors (Lipinski definition) is 5. The van der Waals surface area contributed by atoms with Crippen molar-refractivity contribution in [1.29, 1.82) is 0 Å². The van der Waals surface area contributed by atoms with Gasteiger partial charge < -0.3 is 14.8 Å². The molecule has 2 heterocycles. The molecule has 0 bridgehead atoms. The van der Waals surface area contributed by atoms with Crippen LogP contribution in [-0.2, 0) is 0 Å². The normalized spacial score (nSPS) is 17.0. The topological polar surface area (TPSA) is 33.7 Å². The van der Waals surface area contributed by atoms with Crippen LogP contribution < -0.4 is 14.8 Å². The fourth-order valence-corrected chi connectivity index (χ4v) is 4.10. The molecule has 0 unspecified atom stereocenters. The zero-order valence-electron chi connectivity index (χ0n) is 14.0. The van der Waals surface area contributed by atoms with Gasteiger partial charge in [0.25, 0.3) is 0 Å². The third-order valence-electron chi connectivity index (χ3n) is 4.29. The Morgan fingerprint density at radius 2 is 1.78 bits per heavy atom. The first-order valence-corrected chi connectivity index (χ1v) is 8.83. The number of thiophene rings is 1. The Morgan fingerprint density at radius 1 is 1.13 bits per heavy atom. The summed E-state index contributed by atoms with van der Waals surface area (Å²) < 4.78 is 11.4. The molecule has 1 aliphatic rings. The van der Waals surface area contributed by atoms with E-state index in [0.717, 1.165) is 48.8 Å². The van der Waals surface area contributed by atoms with Crippen molar-refractivity contribution in [1.82, 2.24) is 10.2 Å². The second kappa shape index (κ2) is 7.34. The van der Waals surface area contributed by atoms with Crippen molar-refractivity contribution in [2.24, 2.45) is 0 Å². The molecular weight excluding hydrogens is 308 g/mol. The Balaban J connectivity index is 2.12. The lowest BCUT2D eigenvalue weighted by Crippen LogP contribution is -2.45. The Bertz CT molecular complexity index is 611. The van der Waals surface area contributed by atoms with E-state index in [0.29, 0.717) is 0 Å². The van der Waals surface area contributed by atoms with E-state index < -0.39 is 0 Å². The standard InChI is InChI=1S/C18H24N2O2S/c1-13-11-14(21-2)17(15(12-13)22-3)18(16-5-4-10-23-16)20-8-6-19-7-9-20/h4-5,10-12,18-19H,6-9H2,1-3H3/t18-/m0/s1. The quantitative estimate of drug-likeness (QED) is 0.912. The third-order valence-corrected chi connectivity index (χ3v) is 5.22. The zero-order chi connectivity index (χ0) is 16.2. The van der Waals surface area contributed by atoms with Crippen LogP contribution >= 0.6 is 11.3 Å². The fraction of sp³-hybridized carbons (Fsp3) is 0.444. The number of methoxy groups -OCH3 is 2. The summed E-state index contributed by atoms with van der Waals surface area (Å²) in [6.45, 7) is 6.13. The van der Waals surface area contributed by atoms with Gasteiger partial charge in [0.1, 0.15) is 11.5 Å². The van der Waals surface area contributed by atoms with Gasteiger partial charge in [0.15, 0.2) is 0 Å². The molecule has 0 saturated carbocycles. The van der Waals surface area contributed by atoms with Gasteiger partial charge in [0.2, 0.25) is 0 Å². The van der Waals surface area contributed by atoms with Gasteiger partial charge in [0.05, 0.1) is 25.8 Å². The minimum Gasteiger partial charge on any atom is -0.496 e. The molecule has 0 amide bonds. The van der Waals surface area contributed by atoms with Crippen LogP contribution in [0.1, 0.15) is 22.0 Å². The minimum atomic E-state index is 0.169. The van der Waals surface area contributed by atoms with Crippen LogP contribution in [0.5, 0.6) is 11.5 Å². The van der Waals surface area contributed by atoms with E-state index in [1.54, 1.807) is 25.6 Å². The van der Waals surface area contributed by atoms with E-state index in [2.05, 4.69) is 46.8 Å². The van der Waals surface area contributed by atoms with E-state index in [-0.39, 0.29) is 6.04 Å². The maximum atomic E-state index is 5.72. The van der Waals surface area contributed by atoms with Crippen LogP contribution in [0.25, 0.3) is 0 Å². The number of piperazine rings is 1. The van der Waals surface area contributed by atoms with Crippen molar-refractivity contribution >= 4 is 11.3 Å². The fourth-order valence-electron chi connectivity index (χ4n) is 3.23. The van der Waals surface area contributed by atoms with Crippen molar-refractivity contribution < 1.29 is 9.47 Å². The van der Waals surface area contributed by atoms with Gasteiger partial charge in [-0.05, 0) is 36.1 Å². The SMILES string of the molecule is COc1cc(C)cc(OC)c1[C@H](c1cccs1)N1CCNCC1. The van der Waals surface area contributed by atoms with Crippen LogP contribution in [0.4, 0.5) is 0 Å². The maximum absolute atomic E-state index is 5.72. The van der Waals surface area contributed by atoms with Crippen LogP contribution in [0.3, 0.4) is 0 Å². The summed E-state index contributed by atoms with van der Waals surface area (Å²) in [6.07, 6.45) is 0. The van der Waals surface area contributed by atoms with Gasteiger partial charge in [-0.25, -0.2) is 0 Å². The lowest BCUT2D eigenvalue weighted by atomic mass is 9.98. The molecule has 1 aliphatic heterocycles. The first-order valence-electron chi connectivity index (χ1n) is 7.95. The molecule has 2 aromatic rings. The molecule has 0 radical (unpaired) electrons. The highest BCUT2D eigenvalue weighted by atomic mass is 32.1. The summed E-state index contributed by atoms with van der Waals surface area (Å²) >= 11 is 1.79. The summed E-state index contributed by atoms with van der Waals surface area (Å²) in [6, 6.07) is 8.68. The second-order valence-corrected chi connectivity index (χ2v) is 6.77. The molecule has 4 nitrogen and oxygen atoms in total. The molecule has 1 saturated heterocycles. The summed E-state index contributed by atoms with van der Waals surface area (Å²) in [5, 5.41) is 5.57. The first-order chi connectivity index (χ1) is 11.2. The largest absolute Gasteiger partial charge is 0.496 e. The molecule has 0 spiro atoms. The average Bonchev–Trinajstić information content (AvgIpc) is 3.11. The summed E-state index contributed by atoms with van der Waals surface area (Å²) in [5.74, 6) is 1.80.